The summed E-state index contributed by atoms with van der Waals surface area (Å²) >= 11 is 0. The first-order valence-electron chi connectivity index (χ1n) is 12.4. The molecule has 32 heavy (non-hydrogen) atoms. The summed E-state index contributed by atoms with van der Waals surface area (Å²) in [4.78, 5) is 0. The number of rotatable bonds is 10. The normalized spacial score (nSPS) is 18.0. The largest absolute Gasteiger partial charge is 0.494 e. The first kappa shape index (κ1) is 23.9. The Kier molecular flexibility index (Phi) is 9.18. The van der Waals surface area contributed by atoms with Gasteiger partial charge in [-0.3, -0.25) is 0 Å². The van der Waals surface area contributed by atoms with E-state index in [2.05, 4.69) is 25.1 Å². The van der Waals surface area contributed by atoms with Gasteiger partial charge in [-0.05, 0) is 67.7 Å². The fourth-order valence-corrected chi connectivity index (χ4v) is 5.13. The zero-order valence-corrected chi connectivity index (χ0v) is 19.7. The molecule has 0 radical (unpaired) electrons. The molecule has 0 atom stereocenters. The van der Waals surface area contributed by atoms with Crippen molar-refractivity contribution in [3.8, 4) is 29.0 Å². The highest BCUT2D eigenvalue weighted by molar-refractivity contribution is 5.75. The van der Waals surface area contributed by atoms with Gasteiger partial charge in [-0.15, -0.1) is 0 Å². The Morgan fingerprint density at radius 1 is 0.812 bits per heavy atom. The van der Waals surface area contributed by atoms with Crippen molar-refractivity contribution in [2.45, 2.75) is 84.0 Å². The maximum atomic E-state index is 9.96. The third kappa shape index (κ3) is 5.92. The highest BCUT2D eigenvalue weighted by Gasteiger charge is 2.26. The molecule has 168 valence electrons. The van der Waals surface area contributed by atoms with E-state index in [1.165, 1.54) is 51.4 Å². The number of unbranched alkanes of at least 4 members (excludes halogenated alkanes) is 4. The Hall–Kier alpha value is -2.78. The molecule has 3 nitrogen and oxygen atoms in total. The van der Waals surface area contributed by atoms with Crippen molar-refractivity contribution in [1.82, 2.24) is 0 Å². The molecular weight excluding hydrogens is 392 g/mol. The van der Waals surface area contributed by atoms with E-state index >= 15 is 0 Å². The van der Waals surface area contributed by atoms with Crippen molar-refractivity contribution < 1.29 is 4.74 Å². The maximum absolute atomic E-state index is 9.96. The van der Waals surface area contributed by atoms with Crippen LogP contribution in [-0.2, 0) is 0 Å². The molecule has 0 unspecified atom stereocenters. The summed E-state index contributed by atoms with van der Waals surface area (Å²) in [6, 6.07) is 16.6. The van der Waals surface area contributed by atoms with E-state index in [9.17, 15) is 10.5 Å². The van der Waals surface area contributed by atoms with Crippen molar-refractivity contribution in [3.63, 3.8) is 0 Å². The molecule has 0 N–H and O–H groups in total. The summed E-state index contributed by atoms with van der Waals surface area (Å²) in [6.45, 7) is 4.84. The lowest BCUT2D eigenvalue weighted by Crippen LogP contribution is -2.15. The molecule has 3 heteroatoms. The zero-order chi connectivity index (χ0) is 22.8. The Labute approximate surface area is 194 Å². The van der Waals surface area contributed by atoms with Gasteiger partial charge in [-0.1, -0.05) is 69.7 Å². The van der Waals surface area contributed by atoms with Crippen LogP contribution in [0.3, 0.4) is 0 Å². The number of nitrogens with zero attached hydrogens (tertiary/aromatic N) is 2. The Morgan fingerprint density at radius 3 is 2.12 bits per heavy atom. The van der Waals surface area contributed by atoms with E-state index in [-0.39, 0.29) is 0 Å². The lowest BCUT2D eigenvalue weighted by Gasteiger charge is -2.29. The van der Waals surface area contributed by atoms with Crippen LogP contribution in [0.5, 0.6) is 5.75 Å². The minimum atomic E-state index is 0.391. The molecule has 0 spiro atoms. The minimum absolute atomic E-state index is 0.391. The van der Waals surface area contributed by atoms with Gasteiger partial charge in [0, 0.05) is 5.56 Å². The van der Waals surface area contributed by atoms with Crippen LogP contribution in [-0.4, -0.2) is 6.61 Å². The summed E-state index contributed by atoms with van der Waals surface area (Å²) < 4.78 is 5.53. The van der Waals surface area contributed by atoms with E-state index in [0.29, 0.717) is 23.7 Å². The van der Waals surface area contributed by atoms with Crippen LogP contribution >= 0.6 is 0 Å². The van der Waals surface area contributed by atoms with E-state index in [0.717, 1.165) is 41.2 Å². The zero-order valence-electron chi connectivity index (χ0n) is 19.7. The van der Waals surface area contributed by atoms with Crippen LogP contribution in [0, 0.1) is 28.6 Å². The van der Waals surface area contributed by atoms with Gasteiger partial charge in [-0.2, -0.15) is 10.5 Å². The molecule has 0 aromatic heterocycles. The second-order valence-electron chi connectivity index (χ2n) is 9.05. The molecule has 1 aliphatic carbocycles. The van der Waals surface area contributed by atoms with Crippen LogP contribution < -0.4 is 4.74 Å². The van der Waals surface area contributed by atoms with Crippen LogP contribution in [0.4, 0.5) is 0 Å². The van der Waals surface area contributed by atoms with Gasteiger partial charge >= 0.3 is 0 Å². The molecule has 1 saturated carbocycles. The van der Waals surface area contributed by atoms with Crippen molar-refractivity contribution in [2.24, 2.45) is 5.92 Å². The molecule has 0 bridgehead atoms. The number of benzene rings is 2. The third-order valence-corrected chi connectivity index (χ3v) is 6.94. The van der Waals surface area contributed by atoms with Gasteiger partial charge in [0.25, 0.3) is 0 Å². The predicted molar refractivity (Wildman–Crippen MR) is 131 cm³/mol. The molecule has 2 aromatic carbocycles. The van der Waals surface area contributed by atoms with Crippen molar-refractivity contribution in [1.29, 1.82) is 10.5 Å². The SMILES string of the molecule is CCCCCCCC1CCC(c2ccc(-c3ccc(OCC)cc3)c(C#N)c2C#N)CC1. The molecule has 0 heterocycles. The van der Waals surface area contributed by atoms with Gasteiger partial charge < -0.3 is 4.74 Å². The molecular formula is C29H36N2O. The fourth-order valence-electron chi connectivity index (χ4n) is 5.13. The molecule has 0 aliphatic heterocycles. The Balaban J connectivity index is 1.71. The third-order valence-electron chi connectivity index (χ3n) is 6.94. The van der Waals surface area contributed by atoms with Gasteiger partial charge in [-0.25, -0.2) is 0 Å². The van der Waals surface area contributed by atoms with Crippen LogP contribution in [0.1, 0.15) is 101 Å². The highest BCUT2D eigenvalue weighted by Crippen LogP contribution is 2.41. The van der Waals surface area contributed by atoms with Crippen molar-refractivity contribution >= 4 is 0 Å². The molecule has 1 fully saturated rings. The molecule has 3 rings (SSSR count). The monoisotopic (exact) mass is 428 g/mol. The molecule has 1 aliphatic rings. The minimum Gasteiger partial charge on any atom is -0.494 e. The second kappa shape index (κ2) is 12.3. The van der Waals surface area contributed by atoms with Gasteiger partial charge in [0.1, 0.15) is 17.9 Å². The summed E-state index contributed by atoms with van der Waals surface area (Å²) in [5.41, 5.74) is 3.92. The molecule has 2 aromatic rings. The number of nitriles is 2. The van der Waals surface area contributed by atoms with E-state index < -0.39 is 0 Å². The molecule has 0 amide bonds. The number of hydrogen-bond acceptors (Lipinski definition) is 3. The van der Waals surface area contributed by atoms with Crippen LogP contribution in [0.2, 0.25) is 0 Å². The van der Waals surface area contributed by atoms with E-state index in [4.69, 9.17) is 4.74 Å². The lowest BCUT2D eigenvalue weighted by atomic mass is 9.75. The average Bonchev–Trinajstić information content (AvgIpc) is 2.84. The summed E-state index contributed by atoms with van der Waals surface area (Å²) in [7, 11) is 0. The highest BCUT2D eigenvalue weighted by atomic mass is 16.5. The summed E-state index contributed by atoms with van der Waals surface area (Å²) in [5, 5.41) is 19.9. The first-order valence-corrected chi connectivity index (χ1v) is 12.4. The average molecular weight is 429 g/mol. The number of hydrogen-bond donors (Lipinski definition) is 0. The molecule has 0 saturated heterocycles. The quantitative estimate of drug-likeness (QED) is 0.359. The van der Waals surface area contributed by atoms with Crippen molar-refractivity contribution in [3.05, 3.63) is 53.1 Å². The standard InChI is InChI=1S/C29H36N2O/c1-3-5-6-7-8-9-22-10-12-23(13-11-22)26-18-19-27(29(21-31)28(26)20-30)24-14-16-25(17-15-24)32-4-2/h14-19,22-23H,3-13H2,1-2H3. The summed E-state index contributed by atoms with van der Waals surface area (Å²) in [5.74, 6) is 2.04. The second-order valence-corrected chi connectivity index (χ2v) is 9.05. The lowest BCUT2D eigenvalue weighted by molar-refractivity contribution is 0.301. The summed E-state index contributed by atoms with van der Waals surface area (Å²) in [6.07, 6.45) is 12.8. The van der Waals surface area contributed by atoms with Crippen molar-refractivity contribution in [2.75, 3.05) is 6.61 Å². The van der Waals surface area contributed by atoms with Gasteiger partial charge in [0.05, 0.1) is 17.7 Å². The first-order chi connectivity index (χ1) is 15.7. The Morgan fingerprint density at radius 2 is 1.50 bits per heavy atom. The fraction of sp³-hybridized carbons (Fsp3) is 0.517. The topological polar surface area (TPSA) is 56.8 Å². The van der Waals surface area contributed by atoms with Crippen LogP contribution in [0.15, 0.2) is 36.4 Å². The van der Waals surface area contributed by atoms with E-state index in [1.54, 1.807) is 0 Å². The van der Waals surface area contributed by atoms with Gasteiger partial charge in [0.15, 0.2) is 0 Å². The number of ether oxygens (including phenoxy) is 1. The maximum Gasteiger partial charge on any atom is 0.119 e. The Bertz CT molecular complexity index is 941. The van der Waals surface area contributed by atoms with Gasteiger partial charge in [0.2, 0.25) is 0 Å². The predicted octanol–water partition coefficient (Wildman–Crippen LogP) is 8.13. The van der Waals surface area contributed by atoms with Crippen LogP contribution in [0.25, 0.3) is 11.1 Å². The van der Waals surface area contributed by atoms with E-state index in [1.807, 2.05) is 37.3 Å². The smallest absolute Gasteiger partial charge is 0.119 e.